The summed E-state index contributed by atoms with van der Waals surface area (Å²) in [5.74, 6) is 2.49. The van der Waals surface area contributed by atoms with Gasteiger partial charge in [0.05, 0.1) is 6.04 Å². The van der Waals surface area contributed by atoms with Crippen molar-refractivity contribution < 1.29 is 4.79 Å². The monoisotopic (exact) mass is 623 g/mol. The van der Waals surface area contributed by atoms with E-state index in [9.17, 15) is 4.79 Å². The predicted octanol–water partition coefficient (Wildman–Crippen LogP) is 10.5. The van der Waals surface area contributed by atoms with Crippen LogP contribution in [0.3, 0.4) is 0 Å². The fraction of sp³-hybridized carbons (Fsp3) is 0.667. The van der Waals surface area contributed by atoms with Crippen LogP contribution in [0.25, 0.3) is 0 Å². The number of hydrogen-bond acceptors (Lipinski definition) is 5. The van der Waals surface area contributed by atoms with Crippen molar-refractivity contribution in [1.29, 1.82) is 0 Å². The fourth-order valence-electron chi connectivity index (χ4n) is 2.91. The quantitative estimate of drug-likeness (QED) is 0.0836. The number of nitrogens with two attached hydrogens (primary N) is 3. The Balaban J connectivity index is -0.0000000779. The number of carbonyl (C=O) groups is 1. The Morgan fingerprint density at radius 1 is 0.886 bits per heavy atom. The smallest absolute Gasteiger partial charge is 0.138 e. The van der Waals surface area contributed by atoms with Crippen LogP contribution in [0.1, 0.15) is 129 Å². The minimum absolute atomic E-state index is 0.0990. The number of aldehydes is 1. The summed E-state index contributed by atoms with van der Waals surface area (Å²) < 4.78 is 0. The van der Waals surface area contributed by atoms with Gasteiger partial charge in [0.2, 0.25) is 0 Å². The van der Waals surface area contributed by atoms with Crippen LogP contribution < -0.4 is 22.5 Å². The molecule has 0 aromatic heterocycles. The highest BCUT2D eigenvalue weighted by Gasteiger charge is 2.44. The highest BCUT2D eigenvalue weighted by molar-refractivity contribution is 5.65. The number of rotatable bonds is 10. The number of unbranched alkanes of at least 4 members (excludes halogenated alkanes) is 1. The van der Waals surface area contributed by atoms with Crippen molar-refractivity contribution in [1.82, 2.24) is 5.32 Å². The van der Waals surface area contributed by atoms with E-state index in [2.05, 4.69) is 131 Å². The van der Waals surface area contributed by atoms with E-state index in [1.165, 1.54) is 63.5 Å². The van der Waals surface area contributed by atoms with Crippen LogP contribution in [0.5, 0.6) is 0 Å². The molecule has 5 heteroatoms. The normalized spacial score (nSPS) is 14.1. The molecule has 0 bridgehead atoms. The summed E-state index contributed by atoms with van der Waals surface area (Å²) in [6.45, 7) is 49.0. The van der Waals surface area contributed by atoms with Gasteiger partial charge in [-0.3, -0.25) is 5.32 Å². The first-order valence-corrected chi connectivity index (χ1v) is 16.3. The molecule has 5 nitrogen and oxygen atoms in total. The van der Waals surface area contributed by atoms with Crippen molar-refractivity contribution in [3.8, 4) is 0 Å². The molecule has 3 unspecified atom stereocenters. The Morgan fingerprint density at radius 2 is 1.20 bits per heavy atom. The maximum absolute atomic E-state index is 9.92. The average molecular weight is 623 g/mol. The third kappa shape index (κ3) is 63.0. The van der Waals surface area contributed by atoms with Crippen molar-refractivity contribution in [3.05, 3.63) is 75.2 Å². The Morgan fingerprint density at radius 3 is 1.32 bits per heavy atom. The molecular weight excluding hydrogens is 540 g/mol. The van der Waals surface area contributed by atoms with E-state index in [4.69, 9.17) is 0 Å². The summed E-state index contributed by atoms with van der Waals surface area (Å²) in [5.41, 5.74) is 16.5. The predicted molar refractivity (Wildman–Crippen MR) is 208 cm³/mol. The molecule has 264 valence electrons. The van der Waals surface area contributed by atoms with E-state index in [0.29, 0.717) is 5.41 Å². The van der Waals surface area contributed by atoms with Gasteiger partial charge in [0.1, 0.15) is 6.29 Å². The van der Waals surface area contributed by atoms with Gasteiger partial charge in [-0.15, -0.1) is 6.58 Å². The third-order valence-corrected chi connectivity index (χ3v) is 5.57. The molecule has 0 spiro atoms. The lowest BCUT2D eigenvalue weighted by atomic mass is 9.79. The lowest BCUT2D eigenvalue weighted by Gasteiger charge is -2.26. The molecule has 0 amide bonds. The minimum atomic E-state index is 0.0990. The first-order valence-electron chi connectivity index (χ1n) is 16.3. The van der Waals surface area contributed by atoms with Crippen LogP contribution in [-0.4, -0.2) is 24.9 Å². The molecule has 0 aromatic carbocycles. The molecule has 1 fully saturated rings. The summed E-state index contributed by atoms with van der Waals surface area (Å²) in [6.07, 6.45) is 15.1. The zero-order chi connectivity index (χ0) is 36.9. The lowest BCUT2D eigenvalue weighted by Crippen LogP contribution is -2.15. The molecule has 0 aliphatic carbocycles. The number of hydrogen-bond donors (Lipinski definition) is 4. The zero-order valence-corrected chi connectivity index (χ0v) is 32.3. The summed E-state index contributed by atoms with van der Waals surface area (Å²) in [6, 6.07) is 0.118. The molecule has 0 aromatic rings. The minimum Gasteiger partial charge on any atom is -0.405 e. The van der Waals surface area contributed by atoms with Crippen LogP contribution in [-0.2, 0) is 4.79 Å². The fourth-order valence-corrected chi connectivity index (χ4v) is 2.91. The first-order chi connectivity index (χ1) is 20.2. The molecule has 0 radical (unpaired) electrons. The zero-order valence-electron chi connectivity index (χ0n) is 32.3. The van der Waals surface area contributed by atoms with Gasteiger partial charge in [-0.25, -0.2) is 0 Å². The van der Waals surface area contributed by atoms with Crippen LogP contribution in [0.4, 0.5) is 0 Å². The van der Waals surface area contributed by atoms with Crippen LogP contribution >= 0.6 is 0 Å². The Labute approximate surface area is 278 Å². The molecule has 7 N–H and O–H groups in total. The van der Waals surface area contributed by atoms with E-state index in [1.807, 2.05) is 26.8 Å². The highest BCUT2D eigenvalue weighted by Crippen LogP contribution is 2.30. The standard InChI is InChI=1S/C14H28.C6H12.C5H9NO.C5H8.C4H10.2C2H5N.CH5N/c1-6-9-11-13(8-3)14(10-7-2)12(4)5;1-5-6(2,3)4;1-5(2)4(3-7)6-5;1-4-5(2)3;1-4(2)3;2*1-2-3;1-2/h13-14H,4,6-11H2,1-3,5H3;5H,1H2,2-4H3;3-4,6H,1-2H3;4H,1-2H2,3H3;4H,1-3H3;2*2H,1,3H2;2H2,1H3. The van der Waals surface area contributed by atoms with Gasteiger partial charge in [-0.2, -0.15) is 0 Å². The number of allylic oxidation sites excluding steroid dienone is 4. The molecular formula is C39H82N4O. The van der Waals surface area contributed by atoms with Gasteiger partial charge in [-0.05, 0) is 83.2 Å². The van der Waals surface area contributed by atoms with Gasteiger partial charge in [-0.1, -0.05) is 144 Å². The second-order valence-electron chi connectivity index (χ2n) is 12.9. The van der Waals surface area contributed by atoms with E-state index in [1.54, 1.807) is 6.08 Å². The Hall–Kier alpha value is -2.37. The van der Waals surface area contributed by atoms with Gasteiger partial charge in [0.25, 0.3) is 0 Å². The van der Waals surface area contributed by atoms with Crippen molar-refractivity contribution in [2.75, 3.05) is 7.05 Å². The van der Waals surface area contributed by atoms with E-state index in [-0.39, 0.29) is 11.6 Å². The summed E-state index contributed by atoms with van der Waals surface area (Å²) >= 11 is 0. The molecule has 1 heterocycles. The van der Waals surface area contributed by atoms with Crippen molar-refractivity contribution >= 4 is 6.29 Å². The molecule has 44 heavy (non-hydrogen) atoms. The maximum Gasteiger partial charge on any atom is 0.138 e. The summed E-state index contributed by atoms with van der Waals surface area (Å²) in [5, 5.41) is 2.99. The molecule has 1 rings (SSSR count). The second-order valence-corrected chi connectivity index (χ2v) is 12.9. The average Bonchev–Trinajstić information content (AvgIpc) is 3.57. The maximum atomic E-state index is 9.92. The lowest BCUT2D eigenvalue weighted by molar-refractivity contribution is -0.107. The summed E-state index contributed by atoms with van der Waals surface area (Å²) in [7, 11) is 1.50. The van der Waals surface area contributed by atoms with Crippen LogP contribution in [0.15, 0.2) is 75.2 Å². The molecule has 1 aliphatic heterocycles. The van der Waals surface area contributed by atoms with Gasteiger partial charge < -0.3 is 22.0 Å². The SMILES string of the molecule is C=C(C)C(CCC)C(CC)CCCC.C=CC(=C)C.C=CC(C)(C)C.C=CN.C=CN.CC(C)C.CC1(C)NC1C=O.CN. The topological polar surface area (TPSA) is 117 Å². The molecule has 3 atom stereocenters. The van der Waals surface area contributed by atoms with Gasteiger partial charge in [0.15, 0.2) is 0 Å². The van der Waals surface area contributed by atoms with E-state index >= 15 is 0 Å². The van der Waals surface area contributed by atoms with Crippen molar-refractivity contribution in [2.24, 2.45) is 40.4 Å². The van der Waals surface area contributed by atoms with Crippen molar-refractivity contribution in [2.45, 2.75) is 140 Å². The number of nitrogens with one attached hydrogen (secondary N) is 1. The highest BCUT2D eigenvalue weighted by atomic mass is 16.1. The summed E-state index contributed by atoms with van der Waals surface area (Å²) in [4.78, 5) is 9.92. The Bertz CT molecular complexity index is 663. The Kier molecular flexibility index (Phi) is 52.9. The third-order valence-electron chi connectivity index (χ3n) is 5.57. The van der Waals surface area contributed by atoms with Gasteiger partial charge in [0, 0.05) is 5.54 Å². The largest absolute Gasteiger partial charge is 0.405 e. The molecule has 0 saturated carbocycles. The second kappa shape index (κ2) is 40.6. The van der Waals surface area contributed by atoms with E-state index in [0.717, 1.165) is 29.6 Å². The molecule has 1 aliphatic rings. The van der Waals surface area contributed by atoms with Crippen LogP contribution in [0.2, 0.25) is 0 Å². The first kappa shape index (κ1) is 57.3. The van der Waals surface area contributed by atoms with Crippen LogP contribution in [0, 0.1) is 23.2 Å². The number of carbonyl (C=O) groups excluding carboxylic acids is 1. The van der Waals surface area contributed by atoms with E-state index < -0.39 is 0 Å². The van der Waals surface area contributed by atoms with Crippen molar-refractivity contribution in [3.63, 3.8) is 0 Å². The van der Waals surface area contributed by atoms with Gasteiger partial charge >= 0.3 is 0 Å². The molecule has 1 saturated heterocycles.